The fourth-order valence-corrected chi connectivity index (χ4v) is 4.17. The Morgan fingerprint density at radius 1 is 1.08 bits per heavy atom. The number of halogens is 5. The lowest BCUT2D eigenvalue weighted by atomic mass is 9.98. The van der Waals surface area contributed by atoms with Crippen molar-refractivity contribution in [2.75, 3.05) is 0 Å². The number of aliphatic carboxylic acids is 1. The zero-order valence-electron chi connectivity index (χ0n) is 18.4. The van der Waals surface area contributed by atoms with Crippen molar-refractivity contribution in [1.29, 1.82) is 0 Å². The minimum Gasteiger partial charge on any atom is -0.476 e. The predicted molar refractivity (Wildman–Crippen MR) is 120 cm³/mol. The van der Waals surface area contributed by atoms with Crippen LogP contribution >= 0.6 is 15.9 Å². The standard InChI is InChI=1S/C23H14BrF4N3O5/c1-10-29-19(11-3-6-16-17(7-11)36-23(27,28)35-16)20(34-10)14-8-12(24)4-5-13(14)15-9-18(30-31(15)2)22(25,26)21(32)33/h3-9H,1-2H3,(H,32,33). The quantitative estimate of drug-likeness (QED) is 0.296. The topological polar surface area (TPSA) is 99.6 Å². The van der Waals surface area contributed by atoms with Gasteiger partial charge in [-0.05, 0) is 36.4 Å². The third kappa shape index (κ3) is 3.98. The van der Waals surface area contributed by atoms with Gasteiger partial charge >= 0.3 is 18.2 Å². The first kappa shape index (κ1) is 23.9. The Kier molecular flexibility index (Phi) is 5.36. The maximum atomic E-state index is 14.1. The number of alkyl halides is 4. The van der Waals surface area contributed by atoms with Crippen LogP contribution in [0.1, 0.15) is 11.6 Å². The fraction of sp³-hybridized carbons (Fsp3) is 0.174. The van der Waals surface area contributed by atoms with Crippen LogP contribution in [0.4, 0.5) is 17.6 Å². The van der Waals surface area contributed by atoms with Gasteiger partial charge in [-0.15, -0.1) is 8.78 Å². The Balaban J connectivity index is 1.66. The molecule has 5 rings (SSSR count). The van der Waals surface area contributed by atoms with E-state index in [2.05, 4.69) is 35.5 Å². The van der Waals surface area contributed by atoms with Gasteiger partial charge in [-0.3, -0.25) is 4.68 Å². The van der Waals surface area contributed by atoms with Crippen molar-refractivity contribution in [2.24, 2.45) is 7.05 Å². The predicted octanol–water partition coefficient (Wildman–Crippen LogP) is 5.98. The van der Waals surface area contributed by atoms with Gasteiger partial charge in [-0.2, -0.15) is 13.9 Å². The van der Waals surface area contributed by atoms with E-state index in [0.29, 0.717) is 21.2 Å². The molecule has 186 valence electrons. The van der Waals surface area contributed by atoms with Crippen LogP contribution in [0.5, 0.6) is 11.5 Å². The molecule has 1 aliphatic rings. The van der Waals surface area contributed by atoms with E-state index in [1.165, 1.54) is 25.2 Å². The van der Waals surface area contributed by atoms with Crippen LogP contribution in [-0.2, 0) is 17.8 Å². The first-order valence-electron chi connectivity index (χ1n) is 10.2. The summed E-state index contributed by atoms with van der Waals surface area (Å²) in [7, 11) is 1.40. The Morgan fingerprint density at radius 2 is 1.81 bits per heavy atom. The van der Waals surface area contributed by atoms with Crippen molar-refractivity contribution in [3.05, 3.63) is 58.5 Å². The van der Waals surface area contributed by atoms with Gasteiger partial charge in [-0.25, -0.2) is 9.78 Å². The monoisotopic (exact) mass is 567 g/mol. The van der Waals surface area contributed by atoms with Crippen LogP contribution < -0.4 is 9.47 Å². The van der Waals surface area contributed by atoms with Crippen LogP contribution in [0.3, 0.4) is 0 Å². The summed E-state index contributed by atoms with van der Waals surface area (Å²) < 4.78 is 71.9. The number of fused-ring (bicyclic) bond motifs is 1. The number of hydrogen-bond acceptors (Lipinski definition) is 6. The van der Waals surface area contributed by atoms with Crippen molar-refractivity contribution < 1.29 is 41.4 Å². The number of carboxylic acid groups (broad SMARTS) is 1. The normalized spacial score (nSPS) is 14.3. The molecule has 0 amide bonds. The van der Waals surface area contributed by atoms with E-state index in [4.69, 9.17) is 9.52 Å². The number of oxazole rings is 1. The van der Waals surface area contributed by atoms with Gasteiger partial charge < -0.3 is 19.0 Å². The number of hydrogen-bond donors (Lipinski definition) is 1. The Labute approximate surface area is 208 Å². The van der Waals surface area contributed by atoms with E-state index in [-0.39, 0.29) is 34.5 Å². The molecule has 0 unspecified atom stereocenters. The molecule has 1 aliphatic heterocycles. The largest absolute Gasteiger partial charge is 0.586 e. The lowest BCUT2D eigenvalue weighted by molar-refractivity contribution is -0.286. The van der Waals surface area contributed by atoms with Gasteiger partial charge in [0.2, 0.25) is 0 Å². The number of carboxylic acids is 1. The molecule has 0 atom stereocenters. The number of rotatable bonds is 5. The second-order valence-corrected chi connectivity index (χ2v) is 8.76. The summed E-state index contributed by atoms with van der Waals surface area (Å²) in [5, 5.41) is 12.6. The lowest BCUT2D eigenvalue weighted by Gasteiger charge is -2.10. The van der Waals surface area contributed by atoms with E-state index in [1.807, 2.05) is 0 Å². The molecule has 0 radical (unpaired) electrons. The molecule has 0 saturated carbocycles. The van der Waals surface area contributed by atoms with Crippen molar-refractivity contribution >= 4 is 21.9 Å². The molecule has 1 N–H and O–H groups in total. The number of ether oxygens (including phenoxy) is 2. The van der Waals surface area contributed by atoms with Crippen molar-refractivity contribution in [3.8, 4) is 45.3 Å². The van der Waals surface area contributed by atoms with Gasteiger partial charge in [0.1, 0.15) is 11.4 Å². The van der Waals surface area contributed by atoms with E-state index in [0.717, 1.165) is 10.7 Å². The summed E-state index contributed by atoms with van der Waals surface area (Å²) in [6.45, 7) is 1.58. The Hall–Kier alpha value is -3.87. The van der Waals surface area contributed by atoms with Crippen LogP contribution in [-0.4, -0.2) is 32.1 Å². The number of nitrogens with zero attached hydrogens (tertiary/aromatic N) is 3. The van der Waals surface area contributed by atoms with Crippen LogP contribution in [0.25, 0.3) is 33.8 Å². The van der Waals surface area contributed by atoms with Crippen LogP contribution in [0.2, 0.25) is 0 Å². The molecule has 3 heterocycles. The molecular formula is C23H14BrF4N3O5. The van der Waals surface area contributed by atoms with Gasteiger partial charge in [0, 0.05) is 35.1 Å². The molecule has 0 saturated heterocycles. The summed E-state index contributed by atoms with van der Waals surface area (Å²) in [5.74, 6) is -6.40. The molecule has 8 nitrogen and oxygen atoms in total. The smallest absolute Gasteiger partial charge is 0.476 e. The van der Waals surface area contributed by atoms with Gasteiger partial charge in [-0.1, -0.05) is 22.0 Å². The van der Waals surface area contributed by atoms with Crippen molar-refractivity contribution in [3.63, 3.8) is 0 Å². The zero-order chi connectivity index (χ0) is 26.0. The van der Waals surface area contributed by atoms with Crippen molar-refractivity contribution in [1.82, 2.24) is 14.8 Å². The number of aryl methyl sites for hydroxylation is 2. The minimum absolute atomic E-state index is 0.143. The number of benzene rings is 2. The average molecular weight is 568 g/mol. The maximum Gasteiger partial charge on any atom is 0.586 e. The third-order valence-electron chi connectivity index (χ3n) is 5.38. The minimum atomic E-state index is -4.20. The molecule has 0 bridgehead atoms. The summed E-state index contributed by atoms with van der Waals surface area (Å²) in [6, 6.07) is 10.0. The molecule has 0 spiro atoms. The molecule has 36 heavy (non-hydrogen) atoms. The second kappa shape index (κ2) is 8.08. The molecule has 2 aromatic heterocycles. The summed E-state index contributed by atoms with van der Waals surface area (Å²) in [5.41, 5.74) is 0.662. The first-order chi connectivity index (χ1) is 16.9. The first-order valence-corrected chi connectivity index (χ1v) is 11.0. The highest BCUT2D eigenvalue weighted by Gasteiger charge is 2.45. The summed E-state index contributed by atoms with van der Waals surface area (Å²) >= 11 is 3.38. The highest BCUT2D eigenvalue weighted by molar-refractivity contribution is 9.10. The molecule has 2 aromatic carbocycles. The highest BCUT2D eigenvalue weighted by atomic mass is 79.9. The van der Waals surface area contributed by atoms with Crippen molar-refractivity contribution in [2.45, 2.75) is 19.1 Å². The summed E-state index contributed by atoms with van der Waals surface area (Å²) in [6.07, 6.45) is -3.80. The SMILES string of the molecule is Cc1nc(-c2ccc3c(c2)OC(F)(F)O3)c(-c2cc(Br)ccc2-c2cc(C(F)(F)C(=O)O)nn2C)o1. The van der Waals surface area contributed by atoms with Crippen LogP contribution in [0, 0.1) is 6.92 Å². The molecule has 13 heteroatoms. The number of aromatic nitrogens is 3. The van der Waals surface area contributed by atoms with E-state index in [9.17, 15) is 22.4 Å². The van der Waals surface area contributed by atoms with Gasteiger partial charge in [0.25, 0.3) is 0 Å². The van der Waals surface area contributed by atoms with E-state index < -0.39 is 23.9 Å². The zero-order valence-corrected chi connectivity index (χ0v) is 19.9. The van der Waals surface area contributed by atoms with Crippen LogP contribution in [0.15, 0.2) is 51.4 Å². The van der Waals surface area contributed by atoms with E-state index in [1.54, 1.807) is 25.1 Å². The Bertz CT molecular complexity index is 1530. The maximum absolute atomic E-state index is 14.1. The van der Waals surface area contributed by atoms with E-state index >= 15 is 0 Å². The fourth-order valence-electron chi connectivity index (χ4n) is 3.81. The second-order valence-electron chi connectivity index (χ2n) is 7.85. The highest BCUT2D eigenvalue weighted by Crippen LogP contribution is 2.46. The molecule has 4 aromatic rings. The molecular weight excluding hydrogens is 554 g/mol. The number of carbonyl (C=O) groups is 1. The average Bonchev–Trinajstić information content (AvgIpc) is 3.46. The molecule has 0 fully saturated rings. The van der Waals surface area contributed by atoms with Gasteiger partial charge in [0.15, 0.2) is 23.1 Å². The summed E-state index contributed by atoms with van der Waals surface area (Å²) in [4.78, 5) is 15.4. The lowest BCUT2D eigenvalue weighted by Crippen LogP contribution is -2.26. The third-order valence-corrected chi connectivity index (χ3v) is 5.87. The molecule has 0 aliphatic carbocycles. The Morgan fingerprint density at radius 3 is 2.53 bits per heavy atom. The van der Waals surface area contributed by atoms with Gasteiger partial charge in [0.05, 0.1) is 5.69 Å².